The van der Waals surface area contributed by atoms with E-state index < -0.39 is 0 Å². The van der Waals surface area contributed by atoms with Crippen LogP contribution in [0.1, 0.15) is 36.8 Å². The third kappa shape index (κ3) is 1.61. The van der Waals surface area contributed by atoms with Gasteiger partial charge < -0.3 is 10.1 Å². The molecule has 0 bridgehead atoms. The standard InChI is InChI=1S/C14H19NO/c1-16-13-5-4-11-10-15-14(6-2-3-7-14)9-12(11)8-13/h4-5,8,15H,2-3,6-7,9-10H2,1H3. The number of hydrogen-bond donors (Lipinski definition) is 1. The van der Waals surface area contributed by atoms with E-state index in [2.05, 4.69) is 23.5 Å². The van der Waals surface area contributed by atoms with Crippen LogP contribution in [0.25, 0.3) is 0 Å². The van der Waals surface area contributed by atoms with Crippen LogP contribution in [0.3, 0.4) is 0 Å². The van der Waals surface area contributed by atoms with Crippen LogP contribution >= 0.6 is 0 Å². The minimum absolute atomic E-state index is 0.402. The molecule has 2 heteroatoms. The topological polar surface area (TPSA) is 21.3 Å². The van der Waals surface area contributed by atoms with Gasteiger partial charge in [0.2, 0.25) is 0 Å². The Bertz CT molecular complexity index is 394. The van der Waals surface area contributed by atoms with Crippen molar-refractivity contribution in [3.05, 3.63) is 29.3 Å². The predicted octanol–water partition coefficient (Wildman–Crippen LogP) is 2.65. The molecule has 2 aliphatic rings. The highest BCUT2D eigenvalue weighted by atomic mass is 16.5. The summed E-state index contributed by atoms with van der Waals surface area (Å²) < 4.78 is 5.31. The summed E-state index contributed by atoms with van der Waals surface area (Å²) in [5.41, 5.74) is 3.33. The van der Waals surface area contributed by atoms with Crippen LogP contribution in [0.15, 0.2) is 18.2 Å². The minimum Gasteiger partial charge on any atom is -0.497 e. The molecule has 1 heterocycles. The van der Waals surface area contributed by atoms with Crippen molar-refractivity contribution in [2.45, 2.75) is 44.2 Å². The maximum absolute atomic E-state index is 5.31. The first-order valence-corrected chi connectivity index (χ1v) is 6.22. The van der Waals surface area contributed by atoms with Gasteiger partial charge in [-0.05, 0) is 42.5 Å². The van der Waals surface area contributed by atoms with Crippen molar-refractivity contribution in [2.75, 3.05) is 7.11 Å². The number of fused-ring (bicyclic) bond motifs is 1. The zero-order chi connectivity index (χ0) is 11.0. The summed E-state index contributed by atoms with van der Waals surface area (Å²) in [6.07, 6.45) is 6.62. The summed E-state index contributed by atoms with van der Waals surface area (Å²) in [7, 11) is 1.74. The first-order chi connectivity index (χ1) is 7.81. The van der Waals surface area contributed by atoms with Crippen molar-refractivity contribution in [1.82, 2.24) is 5.32 Å². The highest BCUT2D eigenvalue weighted by Crippen LogP contribution is 2.37. The van der Waals surface area contributed by atoms with Crippen molar-refractivity contribution in [1.29, 1.82) is 0 Å². The van der Waals surface area contributed by atoms with E-state index in [1.54, 1.807) is 7.11 Å². The lowest BCUT2D eigenvalue weighted by molar-refractivity contribution is 0.307. The minimum atomic E-state index is 0.402. The zero-order valence-corrected chi connectivity index (χ0v) is 9.88. The van der Waals surface area contributed by atoms with E-state index in [9.17, 15) is 0 Å². The molecular formula is C14H19NO. The van der Waals surface area contributed by atoms with Crippen molar-refractivity contribution in [3.63, 3.8) is 0 Å². The fourth-order valence-electron chi connectivity index (χ4n) is 3.18. The average Bonchev–Trinajstić information content (AvgIpc) is 2.76. The van der Waals surface area contributed by atoms with Gasteiger partial charge in [0, 0.05) is 12.1 Å². The molecule has 2 nitrogen and oxygen atoms in total. The molecule has 1 aromatic carbocycles. The van der Waals surface area contributed by atoms with E-state index in [-0.39, 0.29) is 0 Å². The Kier molecular flexibility index (Phi) is 2.40. The Morgan fingerprint density at radius 3 is 2.75 bits per heavy atom. The second-order valence-electron chi connectivity index (χ2n) is 5.15. The van der Waals surface area contributed by atoms with Gasteiger partial charge in [-0.3, -0.25) is 0 Å². The summed E-state index contributed by atoms with van der Waals surface area (Å²) in [5.74, 6) is 0.994. The highest BCUT2D eigenvalue weighted by Gasteiger charge is 2.36. The first-order valence-electron chi connectivity index (χ1n) is 6.22. The summed E-state index contributed by atoms with van der Waals surface area (Å²) in [6, 6.07) is 6.48. The van der Waals surface area contributed by atoms with Gasteiger partial charge in [0.1, 0.15) is 5.75 Å². The molecule has 86 valence electrons. The molecule has 0 unspecified atom stereocenters. The van der Waals surface area contributed by atoms with Gasteiger partial charge in [-0.2, -0.15) is 0 Å². The normalized spacial score (nSPS) is 22.1. The van der Waals surface area contributed by atoms with E-state index in [0.29, 0.717) is 5.54 Å². The number of methoxy groups -OCH3 is 1. The van der Waals surface area contributed by atoms with Crippen LogP contribution in [0.2, 0.25) is 0 Å². The lowest BCUT2D eigenvalue weighted by atomic mass is 9.83. The van der Waals surface area contributed by atoms with Crippen molar-refractivity contribution >= 4 is 0 Å². The number of hydrogen-bond acceptors (Lipinski definition) is 2. The molecule has 1 aliphatic heterocycles. The SMILES string of the molecule is COc1ccc2c(c1)CC1(CCCC1)NC2. The van der Waals surface area contributed by atoms with E-state index >= 15 is 0 Å². The largest absolute Gasteiger partial charge is 0.497 e. The average molecular weight is 217 g/mol. The van der Waals surface area contributed by atoms with Gasteiger partial charge >= 0.3 is 0 Å². The fourth-order valence-corrected chi connectivity index (χ4v) is 3.18. The molecule has 3 rings (SSSR count). The van der Waals surface area contributed by atoms with Crippen LogP contribution in [-0.4, -0.2) is 12.6 Å². The number of nitrogens with one attached hydrogen (secondary N) is 1. The summed E-state index contributed by atoms with van der Waals surface area (Å²) >= 11 is 0. The molecule has 1 aliphatic carbocycles. The lowest BCUT2D eigenvalue weighted by Crippen LogP contribution is -2.47. The molecule has 0 atom stereocenters. The fraction of sp³-hybridized carbons (Fsp3) is 0.571. The van der Waals surface area contributed by atoms with Crippen molar-refractivity contribution in [3.8, 4) is 5.75 Å². The monoisotopic (exact) mass is 217 g/mol. The second-order valence-corrected chi connectivity index (χ2v) is 5.15. The molecule has 0 amide bonds. The summed E-state index contributed by atoms with van der Waals surface area (Å²) in [6.45, 7) is 1.03. The van der Waals surface area contributed by atoms with Gasteiger partial charge in [0.25, 0.3) is 0 Å². The van der Waals surface area contributed by atoms with Gasteiger partial charge in [-0.15, -0.1) is 0 Å². The Balaban J connectivity index is 1.91. The van der Waals surface area contributed by atoms with Gasteiger partial charge in [-0.1, -0.05) is 18.9 Å². The highest BCUT2D eigenvalue weighted by molar-refractivity contribution is 5.38. The molecule has 1 aromatic rings. The molecular weight excluding hydrogens is 198 g/mol. The van der Waals surface area contributed by atoms with Crippen LogP contribution in [-0.2, 0) is 13.0 Å². The lowest BCUT2D eigenvalue weighted by Gasteiger charge is -2.36. The summed E-state index contributed by atoms with van der Waals surface area (Å²) in [4.78, 5) is 0. The van der Waals surface area contributed by atoms with Crippen LogP contribution in [0.4, 0.5) is 0 Å². The van der Waals surface area contributed by atoms with Crippen LogP contribution in [0.5, 0.6) is 5.75 Å². The molecule has 0 radical (unpaired) electrons. The van der Waals surface area contributed by atoms with Gasteiger partial charge in [0.15, 0.2) is 0 Å². The Morgan fingerprint density at radius 1 is 1.19 bits per heavy atom. The number of benzene rings is 1. The Hall–Kier alpha value is -1.02. The van der Waals surface area contributed by atoms with Crippen molar-refractivity contribution < 1.29 is 4.74 Å². The predicted molar refractivity (Wildman–Crippen MR) is 64.7 cm³/mol. The molecule has 1 fully saturated rings. The molecule has 1 saturated carbocycles. The zero-order valence-electron chi connectivity index (χ0n) is 9.88. The summed E-state index contributed by atoms with van der Waals surface area (Å²) in [5, 5.41) is 3.75. The van der Waals surface area contributed by atoms with Gasteiger partial charge in [0.05, 0.1) is 7.11 Å². The van der Waals surface area contributed by atoms with Crippen LogP contribution < -0.4 is 10.1 Å². The third-order valence-electron chi connectivity index (χ3n) is 4.16. The van der Waals surface area contributed by atoms with Gasteiger partial charge in [-0.25, -0.2) is 0 Å². The van der Waals surface area contributed by atoms with E-state index in [1.165, 1.54) is 43.2 Å². The maximum atomic E-state index is 5.31. The van der Waals surface area contributed by atoms with E-state index in [1.807, 2.05) is 0 Å². The number of rotatable bonds is 1. The Morgan fingerprint density at radius 2 is 2.00 bits per heavy atom. The molecule has 0 aromatic heterocycles. The van der Waals surface area contributed by atoms with E-state index in [0.717, 1.165) is 12.3 Å². The maximum Gasteiger partial charge on any atom is 0.119 e. The Labute approximate surface area is 97.0 Å². The van der Waals surface area contributed by atoms with E-state index in [4.69, 9.17) is 4.74 Å². The van der Waals surface area contributed by atoms with Crippen molar-refractivity contribution in [2.24, 2.45) is 0 Å². The second kappa shape index (κ2) is 3.77. The molecule has 1 spiro atoms. The molecule has 0 saturated heterocycles. The molecule has 16 heavy (non-hydrogen) atoms. The quantitative estimate of drug-likeness (QED) is 0.781. The third-order valence-corrected chi connectivity index (χ3v) is 4.16. The smallest absolute Gasteiger partial charge is 0.119 e. The van der Waals surface area contributed by atoms with Crippen LogP contribution in [0, 0.1) is 0 Å². The first kappa shape index (κ1) is 10.2. The molecule has 1 N–H and O–H groups in total. The number of ether oxygens (including phenoxy) is 1.